The van der Waals surface area contributed by atoms with Crippen molar-refractivity contribution in [2.24, 2.45) is 5.92 Å². The molecule has 0 bridgehead atoms. The number of rotatable bonds is 5. The number of carbonyl (C=O) groups is 2. The molecule has 2 unspecified atom stereocenters. The number of benzene rings is 1. The molecule has 2 atom stereocenters. The maximum absolute atomic E-state index is 13.0. The van der Waals surface area contributed by atoms with Gasteiger partial charge >= 0.3 is 5.97 Å². The molecule has 1 heterocycles. The van der Waals surface area contributed by atoms with Gasteiger partial charge in [0.05, 0.1) is 20.3 Å². The van der Waals surface area contributed by atoms with E-state index >= 15 is 0 Å². The highest BCUT2D eigenvalue weighted by atomic mass is 16.5. The van der Waals surface area contributed by atoms with Crippen LogP contribution in [0.5, 0.6) is 11.5 Å². The summed E-state index contributed by atoms with van der Waals surface area (Å²) in [5.74, 6) is -0.419. The molecule has 150 valence electrons. The topological polar surface area (TPSA) is 73.9 Å². The Labute approximate surface area is 165 Å². The minimum Gasteiger partial charge on any atom is -0.497 e. The molecule has 1 N–H and O–H groups in total. The average molecular weight is 385 g/mol. The predicted octanol–water partition coefficient (Wildman–Crippen LogP) is 3.48. The Morgan fingerprint density at radius 3 is 2.61 bits per heavy atom. The minimum atomic E-state index is -0.732. The molecular formula is C22H27NO5. The standard InChI is InChI=1S/C22H27NO5/c1-12(2)28-22(25)19-13(3)23-16-7-6-8-17(24)21(16)20(19)15-11-14(26-4)9-10-18(15)27-5/h9-12,19-20,23H,3,6-8H2,1-2,4-5H3. The monoisotopic (exact) mass is 385 g/mol. The van der Waals surface area contributed by atoms with E-state index in [2.05, 4.69) is 11.9 Å². The summed E-state index contributed by atoms with van der Waals surface area (Å²) in [4.78, 5) is 25.9. The first kappa shape index (κ1) is 20.0. The van der Waals surface area contributed by atoms with Crippen LogP contribution in [0.1, 0.15) is 44.6 Å². The van der Waals surface area contributed by atoms with Crippen molar-refractivity contribution in [2.75, 3.05) is 14.2 Å². The Bertz CT molecular complexity index is 839. The van der Waals surface area contributed by atoms with Gasteiger partial charge < -0.3 is 19.5 Å². The summed E-state index contributed by atoms with van der Waals surface area (Å²) in [5, 5.41) is 3.21. The third kappa shape index (κ3) is 3.63. The molecule has 1 aliphatic carbocycles. The van der Waals surface area contributed by atoms with Gasteiger partial charge in [0.15, 0.2) is 5.78 Å². The van der Waals surface area contributed by atoms with Crippen molar-refractivity contribution >= 4 is 11.8 Å². The predicted molar refractivity (Wildman–Crippen MR) is 105 cm³/mol. The molecule has 0 amide bonds. The zero-order valence-electron chi connectivity index (χ0n) is 16.8. The Kier molecular flexibility index (Phi) is 5.77. The lowest BCUT2D eigenvalue weighted by atomic mass is 9.71. The lowest BCUT2D eigenvalue weighted by Crippen LogP contribution is -2.41. The highest BCUT2D eigenvalue weighted by Gasteiger charge is 2.45. The van der Waals surface area contributed by atoms with Crippen molar-refractivity contribution in [2.45, 2.75) is 45.1 Å². The second-order valence-corrected chi connectivity index (χ2v) is 7.37. The molecule has 0 fully saturated rings. The van der Waals surface area contributed by atoms with Crippen LogP contribution in [0.15, 0.2) is 41.7 Å². The third-order valence-electron chi connectivity index (χ3n) is 5.17. The van der Waals surface area contributed by atoms with Gasteiger partial charge in [0.2, 0.25) is 0 Å². The van der Waals surface area contributed by atoms with Crippen molar-refractivity contribution in [1.82, 2.24) is 5.32 Å². The van der Waals surface area contributed by atoms with E-state index < -0.39 is 17.8 Å². The SMILES string of the molecule is C=C1NC2=C(C(=O)CCC2)C(c2cc(OC)ccc2OC)C1C(=O)OC(C)C. The Morgan fingerprint density at radius 2 is 1.96 bits per heavy atom. The van der Waals surface area contributed by atoms with E-state index in [9.17, 15) is 9.59 Å². The quantitative estimate of drug-likeness (QED) is 0.783. The number of allylic oxidation sites excluding steroid dienone is 2. The number of carbonyl (C=O) groups excluding carboxylic acids is 2. The van der Waals surface area contributed by atoms with E-state index in [1.807, 2.05) is 6.07 Å². The summed E-state index contributed by atoms with van der Waals surface area (Å²) in [6.45, 7) is 7.68. The highest BCUT2D eigenvalue weighted by Crippen LogP contribution is 2.47. The van der Waals surface area contributed by atoms with Gasteiger partial charge in [-0.15, -0.1) is 0 Å². The zero-order valence-corrected chi connectivity index (χ0v) is 16.8. The minimum absolute atomic E-state index is 0.0402. The Morgan fingerprint density at radius 1 is 1.21 bits per heavy atom. The van der Waals surface area contributed by atoms with E-state index in [0.29, 0.717) is 29.2 Å². The van der Waals surface area contributed by atoms with Crippen LogP contribution in [0.4, 0.5) is 0 Å². The number of ether oxygens (including phenoxy) is 3. The molecule has 28 heavy (non-hydrogen) atoms. The fraction of sp³-hybridized carbons (Fsp3) is 0.455. The molecule has 2 aliphatic rings. The van der Waals surface area contributed by atoms with Crippen LogP contribution in [0.2, 0.25) is 0 Å². The van der Waals surface area contributed by atoms with E-state index in [4.69, 9.17) is 14.2 Å². The fourth-order valence-electron chi connectivity index (χ4n) is 4.00. The van der Waals surface area contributed by atoms with Gasteiger partial charge in [0, 0.05) is 34.9 Å². The summed E-state index contributed by atoms with van der Waals surface area (Å²) in [5.41, 5.74) is 2.72. The van der Waals surface area contributed by atoms with Crippen molar-refractivity contribution < 1.29 is 23.8 Å². The van der Waals surface area contributed by atoms with E-state index in [-0.39, 0.29) is 11.9 Å². The number of nitrogens with one attached hydrogen (secondary N) is 1. The van der Waals surface area contributed by atoms with Crippen LogP contribution < -0.4 is 14.8 Å². The van der Waals surface area contributed by atoms with Crippen molar-refractivity contribution in [1.29, 1.82) is 0 Å². The molecule has 0 saturated carbocycles. The molecule has 0 saturated heterocycles. The highest BCUT2D eigenvalue weighted by molar-refractivity contribution is 6.00. The van der Waals surface area contributed by atoms with Gasteiger partial charge in [-0.1, -0.05) is 6.58 Å². The molecule has 1 aliphatic heterocycles. The Hall–Kier alpha value is -2.76. The van der Waals surface area contributed by atoms with Crippen LogP contribution in [0.3, 0.4) is 0 Å². The number of Topliss-reactive ketones (excluding diaryl/α,β-unsaturated/α-hetero) is 1. The Balaban J connectivity index is 2.21. The van der Waals surface area contributed by atoms with Gasteiger partial charge in [-0.3, -0.25) is 9.59 Å². The number of hydrogen-bond donors (Lipinski definition) is 1. The summed E-state index contributed by atoms with van der Waals surface area (Å²) in [6.07, 6.45) is 1.71. The second-order valence-electron chi connectivity index (χ2n) is 7.37. The van der Waals surface area contributed by atoms with Crippen molar-refractivity contribution in [3.8, 4) is 11.5 Å². The van der Waals surface area contributed by atoms with Crippen molar-refractivity contribution in [3.05, 3.63) is 47.3 Å². The first-order valence-electron chi connectivity index (χ1n) is 9.51. The molecule has 6 nitrogen and oxygen atoms in total. The third-order valence-corrected chi connectivity index (χ3v) is 5.17. The molecule has 0 aromatic heterocycles. The maximum Gasteiger partial charge on any atom is 0.316 e. The van der Waals surface area contributed by atoms with Gasteiger partial charge in [-0.05, 0) is 44.9 Å². The van der Waals surface area contributed by atoms with Crippen LogP contribution >= 0.6 is 0 Å². The van der Waals surface area contributed by atoms with E-state index in [0.717, 1.165) is 24.1 Å². The first-order chi connectivity index (χ1) is 13.4. The molecule has 0 spiro atoms. The van der Waals surface area contributed by atoms with Gasteiger partial charge in [0.25, 0.3) is 0 Å². The molecule has 6 heteroatoms. The van der Waals surface area contributed by atoms with Gasteiger partial charge in [-0.2, -0.15) is 0 Å². The van der Waals surface area contributed by atoms with Crippen LogP contribution in [0, 0.1) is 5.92 Å². The average Bonchev–Trinajstić information content (AvgIpc) is 2.65. The zero-order chi connectivity index (χ0) is 20.4. The summed E-state index contributed by atoms with van der Waals surface area (Å²) < 4.78 is 16.5. The molecule has 0 radical (unpaired) electrons. The normalized spacial score (nSPS) is 21.9. The number of esters is 1. The smallest absolute Gasteiger partial charge is 0.316 e. The maximum atomic E-state index is 13.0. The van der Waals surface area contributed by atoms with Gasteiger partial charge in [-0.25, -0.2) is 0 Å². The largest absolute Gasteiger partial charge is 0.497 e. The molecule has 3 rings (SSSR count). The summed E-state index contributed by atoms with van der Waals surface area (Å²) >= 11 is 0. The van der Waals surface area contributed by atoms with E-state index in [1.165, 1.54) is 0 Å². The van der Waals surface area contributed by atoms with E-state index in [1.54, 1.807) is 40.2 Å². The fourth-order valence-corrected chi connectivity index (χ4v) is 4.00. The van der Waals surface area contributed by atoms with Gasteiger partial charge in [0.1, 0.15) is 17.4 Å². The van der Waals surface area contributed by atoms with Crippen LogP contribution in [-0.2, 0) is 14.3 Å². The molecule has 1 aromatic carbocycles. The number of ketones is 1. The molecule has 1 aromatic rings. The lowest BCUT2D eigenvalue weighted by molar-refractivity contribution is -0.151. The number of hydrogen-bond acceptors (Lipinski definition) is 6. The first-order valence-corrected chi connectivity index (χ1v) is 9.51. The van der Waals surface area contributed by atoms with Crippen LogP contribution in [0.25, 0.3) is 0 Å². The lowest BCUT2D eigenvalue weighted by Gasteiger charge is -2.38. The van der Waals surface area contributed by atoms with Crippen molar-refractivity contribution in [3.63, 3.8) is 0 Å². The van der Waals surface area contributed by atoms with Crippen LogP contribution in [-0.4, -0.2) is 32.1 Å². The summed E-state index contributed by atoms with van der Waals surface area (Å²) in [7, 11) is 3.15. The molecular weight excluding hydrogens is 358 g/mol. The second kappa shape index (κ2) is 8.09. The number of methoxy groups -OCH3 is 2. The summed E-state index contributed by atoms with van der Waals surface area (Å²) in [6, 6.07) is 5.40.